The minimum Gasteiger partial charge on any atom is -0.493 e. The van der Waals surface area contributed by atoms with Gasteiger partial charge in [-0.15, -0.1) is 0 Å². The smallest absolute Gasteiger partial charge is 0.387 e. The lowest BCUT2D eigenvalue weighted by Crippen LogP contribution is -2.12. The highest BCUT2D eigenvalue weighted by atomic mass is 19.3. The molecule has 1 aliphatic rings. The maximum atomic E-state index is 12.7. The molecule has 0 saturated heterocycles. The Bertz CT molecular complexity index is 1300. The number of methoxy groups -OCH3 is 1. The average Bonchev–Trinajstić information content (AvgIpc) is 3.42. The highest BCUT2D eigenvalue weighted by Crippen LogP contribution is 2.36. The van der Waals surface area contributed by atoms with Crippen molar-refractivity contribution >= 4 is 29.5 Å². The van der Waals surface area contributed by atoms with E-state index in [1.807, 2.05) is 30.3 Å². The summed E-state index contributed by atoms with van der Waals surface area (Å²) in [5.74, 6) is 1.77. The average molecular weight is 505 g/mol. The molecule has 1 heterocycles. The van der Waals surface area contributed by atoms with Gasteiger partial charge < -0.3 is 19.5 Å². The van der Waals surface area contributed by atoms with Crippen LogP contribution in [-0.2, 0) is 0 Å². The lowest BCUT2D eigenvalue weighted by Gasteiger charge is -2.17. The number of benzene rings is 2. The molecule has 9 heteroatoms. The van der Waals surface area contributed by atoms with Crippen LogP contribution in [0.3, 0.4) is 0 Å². The predicted molar refractivity (Wildman–Crippen MR) is 138 cm³/mol. The van der Waals surface area contributed by atoms with Crippen LogP contribution in [0, 0.1) is 11.3 Å². The maximum Gasteiger partial charge on any atom is 0.387 e. The fraction of sp³-hybridized carbons (Fsp3) is 0.250. The normalized spacial score (nSPS) is 13.8. The lowest BCUT2D eigenvalue weighted by atomic mass is 10.1. The highest BCUT2D eigenvalue weighted by Gasteiger charge is 2.19. The van der Waals surface area contributed by atoms with E-state index >= 15 is 0 Å². The first-order valence-electron chi connectivity index (χ1n) is 11.8. The number of alkyl halides is 2. The van der Waals surface area contributed by atoms with Crippen molar-refractivity contribution in [3.63, 3.8) is 0 Å². The molecule has 7 nitrogen and oxygen atoms in total. The van der Waals surface area contributed by atoms with Gasteiger partial charge in [-0.05, 0) is 68.2 Å². The number of halogens is 2. The van der Waals surface area contributed by atoms with Crippen molar-refractivity contribution in [3.8, 4) is 23.3 Å². The molecule has 1 fully saturated rings. The van der Waals surface area contributed by atoms with Gasteiger partial charge in [-0.2, -0.15) is 14.0 Å². The van der Waals surface area contributed by atoms with E-state index in [2.05, 4.69) is 20.0 Å². The zero-order valence-electron chi connectivity index (χ0n) is 20.2. The first-order valence-corrected chi connectivity index (χ1v) is 11.8. The Morgan fingerprint density at radius 3 is 2.70 bits per heavy atom. The molecule has 0 amide bonds. The van der Waals surface area contributed by atoms with Gasteiger partial charge in [0.1, 0.15) is 17.6 Å². The molecule has 1 saturated carbocycles. The zero-order chi connectivity index (χ0) is 26.0. The van der Waals surface area contributed by atoms with Crippen molar-refractivity contribution in [2.24, 2.45) is 4.99 Å². The third-order valence-electron chi connectivity index (χ3n) is 5.74. The summed E-state index contributed by atoms with van der Waals surface area (Å²) in [6.07, 6.45) is 11.2. The number of nitriles is 1. The molecule has 3 aromatic rings. The van der Waals surface area contributed by atoms with Gasteiger partial charge >= 0.3 is 6.61 Å². The molecule has 2 aromatic carbocycles. The summed E-state index contributed by atoms with van der Waals surface area (Å²) < 4.78 is 41.8. The Kier molecular flexibility index (Phi) is 8.66. The lowest BCUT2D eigenvalue weighted by molar-refractivity contribution is -0.0497. The molecule has 1 aliphatic carbocycles. The van der Waals surface area contributed by atoms with Gasteiger partial charge in [0.2, 0.25) is 0 Å². The van der Waals surface area contributed by atoms with E-state index in [9.17, 15) is 8.78 Å². The summed E-state index contributed by atoms with van der Waals surface area (Å²) in [7, 11) is 1.62. The monoisotopic (exact) mass is 504 g/mol. The Balaban J connectivity index is 1.56. The van der Waals surface area contributed by atoms with E-state index in [4.69, 9.17) is 14.7 Å². The van der Waals surface area contributed by atoms with Crippen LogP contribution in [0.1, 0.15) is 36.8 Å². The number of rotatable bonds is 10. The second-order valence-corrected chi connectivity index (χ2v) is 8.27. The molecular weight excluding hydrogens is 478 g/mol. The second kappa shape index (κ2) is 12.5. The topological polar surface area (TPSA) is 88.8 Å². The summed E-state index contributed by atoms with van der Waals surface area (Å²) in [4.78, 5) is 8.64. The van der Waals surface area contributed by atoms with Crippen LogP contribution < -0.4 is 19.5 Å². The van der Waals surface area contributed by atoms with Gasteiger partial charge in [0.25, 0.3) is 0 Å². The fourth-order valence-corrected chi connectivity index (χ4v) is 3.97. The van der Waals surface area contributed by atoms with Crippen LogP contribution in [0.5, 0.6) is 17.2 Å². The number of pyridine rings is 1. The third-order valence-corrected chi connectivity index (χ3v) is 5.74. The molecule has 0 radical (unpaired) electrons. The SMILES string of the molecule is COc1cccc(/C=C/C=Nc2ccc(OC(F)F)cc2Nc2ccc(C#N)cn2)c1OC1CCCC1. The Hall–Kier alpha value is -4.45. The Labute approximate surface area is 214 Å². The van der Waals surface area contributed by atoms with E-state index in [-0.39, 0.29) is 11.9 Å². The van der Waals surface area contributed by atoms with Gasteiger partial charge in [-0.1, -0.05) is 12.1 Å². The van der Waals surface area contributed by atoms with Gasteiger partial charge in [-0.25, -0.2) is 4.98 Å². The summed E-state index contributed by atoms with van der Waals surface area (Å²) in [6, 6.07) is 15.3. The Morgan fingerprint density at radius 2 is 2.00 bits per heavy atom. The number of aliphatic imine (C=N–C) groups is 1. The summed E-state index contributed by atoms with van der Waals surface area (Å²) in [6.45, 7) is -2.96. The molecular formula is C28H26F2N4O3. The third kappa shape index (κ3) is 7.04. The minimum absolute atomic E-state index is 0.0225. The van der Waals surface area contributed by atoms with Crippen LogP contribution in [0.15, 0.2) is 65.8 Å². The predicted octanol–water partition coefficient (Wildman–Crippen LogP) is 7.04. The van der Waals surface area contributed by atoms with E-state index < -0.39 is 6.61 Å². The molecule has 0 spiro atoms. The van der Waals surface area contributed by atoms with Gasteiger partial charge in [-0.3, -0.25) is 4.99 Å². The number of para-hydroxylation sites is 1. The Morgan fingerprint density at radius 1 is 1.16 bits per heavy atom. The number of hydrogen-bond acceptors (Lipinski definition) is 7. The quantitative estimate of drug-likeness (QED) is 0.298. The first-order chi connectivity index (χ1) is 18.1. The van der Waals surface area contributed by atoms with Crippen LogP contribution in [0.4, 0.5) is 26.0 Å². The van der Waals surface area contributed by atoms with Gasteiger partial charge in [0.05, 0.1) is 30.2 Å². The second-order valence-electron chi connectivity index (χ2n) is 8.27. The molecule has 0 unspecified atom stereocenters. The van der Waals surface area contributed by atoms with Crippen molar-refractivity contribution in [1.29, 1.82) is 5.26 Å². The molecule has 0 aliphatic heterocycles. The van der Waals surface area contributed by atoms with Crippen LogP contribution in [0.2, 0.25) is 0 Å². The van der Waals surface area contributed by atoms with E-state index in [0.717, 1.165) is 31.2 Å². The zero-order valence-corrected chi connectivity index (χ0v) is 20.2. The molecule has 0 atom stereocenters. The number of anilines is 2. The van der Waals surface area contributed by atoms with E-state index in [1.54, 1.807) is 37.6 Å². The summed E-state index contributed by atoms with van der Waals surface area (Å²) in [5.41, 5.74) is 2.15. The molecule has 190 valence electrons. The van der Waals surface area contributed by atoms with E-state index in [0.29, 0.717) is 34.3 Å². The molecule has 0 bridgehead atoms. The van der Waals surface area contributed by atoms with E-state index in [1.165, 1.54) is 18.3 Å². The van der Waals surface area contributed by atoms with Gasteiger partial charge in [0.15, 0.2) is 11.5 Å². The molecule has 1 aromatic heterocycles. The largest absolute Gasteiger partial charge is 0.493 e. The number of hydrogen-bond donors (Lipinski definition) is 1. The molecule has 37 heavy (non-hydrogen) atoms. The molecule has 1 N–H and O–H groups in total. The van der Waals surface area contributed by atoms with Crippen molar-refractivity contribution in [2.45, 2.75) is 38.4 Å². The van der Waals surface area contributed by atoms with Crippen molar-refractivity contribution < 1.29 is 23.0 Å². The van der Waals surface area contributed by atoms with Crippen LogP contribution in [0.25, 0.3) is 6.08 Å². The molecule has 4 rings (SSSR count). The number of ether oxygens (including phenoxy) is 3. The van der Waals surface area contributed by atoms with Crippen molar-refractivity contribution in [2.75, 3.05) is 12.4 Å². The van der Waals surface area contributed by atoms with Crippen LogP contribution >= 0.6 is 0 Å². The maximum absolute atomic E-state index is 12.7. The van der Waals surface area contributed by atoms with Crippen molar-refractivity contribution in [3.05, 3.63) is 71.9 Å². The van der Waals surface area contributed by atoms with Gasteiger partial charge in [0, 0.05) is 24.0 Å². The first kappa shape index (κ1) is 25.6. The summed E-state index contributed by atoms with van der Waals surface area (Å²) >= 11 is 0. The number of aromatic nitrogens is 1. The standard InChI is InChI=1S/C28H26F2N4O3/c1-35-25-10-4-6-20(27(25)36-21-8-2-3-9-21)7-5-15-32-23-13-12-22(37-28(29)30)16-24(23)34-26-14-11-19(17-31)18-33-26/h4-7,10-16,18,21,28H,2-3,8-9H2,1H3,(H,33,34)/b7-5+,32-15?. The fourth-order valence-electron chi connectivity index (χ4n) is 3.97. The van der Waals surface area contributed by atoms with Crippen molar-refractivity contribution in [1.82, 2.24) is 4.98 Å². The number of nitrogens with zero attached hydrogens (tertiary/aromatic N) is 3. The van der Waals surface area contributed by atoms with Crippen LogP contribution in [-0.4, -0.2) is 31.0 Å². The summed E-state index contributed by atoms with van der Waals surface area (Å²) in [5, 5.41) is 12.0. The number of allylic oxidation sites excluding steroid dienone is 1. The number of nitrogens with one attached hydrogen (secondary N) is 1. The highest BCUT2D eigenvalue weighted by molar-refractivity contribution is 5.84. The minimum atomic E-state index is -2.96.